The van der Waals surface area contributed by atoms with Crippen LogP contribution in [0.4, 0.5) is 0 Å². The molecule has 0 spiro atoms. The van der Waals surface area contributed by atoms with Gasteiger partial charge in [0.25, 0.3) is 0 Å². The van der Waals surface area contributed by atoms with Gasteiger partial charge in [0.1, 0.15) is 0 Å². The molecule has 2 aromatic rings. The Hall–Kier alpha value is -1.30. The maximum atomic E-state index is 2.35. The second-order valence-electron chi connectivity index (χ2n) is 4.57. The lowest BCUT2D eigenvalue weighted by atomic mass is 9.91. The molecule has 0 atom stereocenters. The predicted molar refractivity (Wildman–Crippen MR) is 72.2 cm³/mol. The Morgan fingerprint density at radius 1 is 0.938 bits per heavy atom. The third-order valence-corrected chi connectivity index (χ3v) is 3.53. The standard InChI is InChI=1S/C16H20/c1-5-13-10-14-8-7-11(3)9-16(14)15(6-2)12(13)4/h7-10H,5-6H2,1-4H3. The van der Waals surface area contributed by atoms with E-state index in [1.807, 2.05) is 0 Å². The van der Waals surface area contributed by atoms with Crippen molar-refractivity contribution in [2.24, 2.45) is 0 Å². The lowest BCUT2D eigenvalue weighted by molar-refractivity contribution is 1.06. The van der Waals surface area contributed by atoms with Gasteiger partial charge in [-0.15, -0.1) is 0 Å². The van der Waals surface area contributed by atoms with Crippen molar-refractivity contribution in [1.82, 2.24) is 0 Å². The molecule has 0 aliphatic carbocycles. The fraction of sp³-hybridized carbons (Fsp3) is 0.375. The lowest BCUT2D eigenvalue weighted by Gasteiger charge is -2.13. The first kappa shape index (κ1) is 11.2. The monoisotopic (exact) mass is 212 g/mol. The van der Waals surface area contributed by atoms with Gasteiger partial charge in [-0.25, -0.2) is 0 Å². The minimum atomic E-state index is 1.12. The third kappa shape index (κ3) is 1.73. The normalized spacial score (nSPS) is 11.0. The molecule has 16 heavy (non-hydrogen) atoms. The quantitative estimate of drug-likeness (QED) is 0.683. The van der Waals surface area contributed by atoms with Crippen LogP contribution < -0.4 is 0 Å². The minimum Gasteiger partial charge on any atom is -0.0613 e. The van der Waals surface area contributed by atoms with E-state index in [4.69, 9.17) is 0 Å². The van der Waals surface area contributed by atoms with Gasteiger partial charge in [0, 0.05) is 0 Å². The SMILES string of the molecule is CCc1cc2ccc(C)cc2c(CC)c1C. The van der Waals surface area contributed by atoms with Crippen LogP contribution >= 0.6 is 0 Å². The van der Waals surface area contributed by atoms with Crippen LogP contribution in [0.1, 0.15) is 36.1 Å². The molecular weight excluding hydrogens is 192 g/mol. The molecule has 0 aliphatic rings. The zero-order valence-electron chi connectivity index (χ0n) is 10.7. The summed E-state index contributed by atoms with van der Waals surface area (Å²) in [5.41, 5.74) is 5.86. The molecule has 0 heteroatoms. The van der Waals surface area contributed by atoms with E-state index >= 15 is 0 Å². The molecular formula is C16H20. The maximum absolute atomic E-state index is 2.35. The number of hydrogen-bond acceptors (Lipinski definition) is 0. The first-order chi connectivity index (χ1) is 7.67. The molecule has 0 nitrogen and oxygen atoms in total. The van der Waals surface area contributed by atoms with E-state index in [9.17, 15) is 0 Å². The van der Waals surface area contributed by atoms with Gasteiger partial charge in [0.05, 0.1) is 0 Å². The molecule has 2 aromatic carbocycles. The lowest BCUT2D eigenvalue weighted by Crippen LogP contribution is -1.95. The van der Waals surface area contributed by atoms with Crippen molar-refractivity contribution >= 4 is 10.8 Å². The summed E-state index contributed by atoms with van der Waals surface area (Å²) in [5.74, 6) is 0. The zero-order chi connectivity index (χ0) is 11.7. The van der Waals surface area contributed by atoms with Crippen molar-refractivity contribution in [3.63, 3.8) is 0 Å². The highest BCUT2D eigenvalue weighted by molar-refractivity contribution is 5.88. The van der Waals surface area contributed by atoms with Gasteiger partial charge in [0.2, 0.25) is 0 Å². The van der Waals surface area contributed by atoms with Gasteiger partial charge in [-0.3, -0.25) is 0 Å². The molecule has 0 heterocycles. The van der Waals surface area contributed by atoms with Crippen molar-refractivity contribution in [3.05, 3.63) is 46.5 Å². The van der Waals surface area contributed by atoms with Crippen LogP contribution in [0.15, 0.2) is 24.3 Å². The fourth-order valence-electron chi connectivity index (χ4n) is 2.57. The summed E-state index contributed by atoms with van der Waals surface area (Å²) in [5, 5.41) is 2.84. The molecule has 84 valence electrons. The Balaban J connectivity index is 2.84. The van der Waals surface area contributed by atoms with Gasteiger partial charge < -0.3 is 0 Å². The van der Waals surface area contributed by atoms with E-state index in [0.717, 1.165) is 12.8 Å². The Morgan fingerprint density at radius 3 is 2.31 bits per heavy atom. The number of rotatable bonds is 2. The van der Waals surface area contributed by atoms with Crippen LogP contribution in [0.2, 0.25) is 0 Å². The van der Waals surface area contributed by atoms with Crippen LogP contribution in [0, 0.1) is 13.8 Å². The van der Waals surface area contributed by atoms with Crippen molar-refractivity contribution in [2.45, 2.75) is 40.5 Å². The number of hydrogen-bond donors (Lipinski definition) is 0. The highest BCUT2D eigenvalue weighted by Gasteiger charge is 2.07. The fourth-order valence-corrected chi connectivity index (χ4v) is 2.57. The summed E-state index contributed by atoms with van der Waals surface area (Å²) in [6.07, 6.45) is 2.25. The summed E-state index contributed by atoms with van der Waals surface area (Å²) in [6.45, 7) is 8.92. The van der Waals surface area contributed by atoms with Crippen LogP contribution in [0.3, 0.4) is 0 Å². The highest BCUT2D eigenvalue weighted by Crippen LogP contribution is 2.27. The van der Waals surface area contributed by atoms with E-state index < -0.39 is 0 Å². The molecule has 2 rings (SSSR count). The van der Waals surface area contributed by atoms with E-state index in [0.29, 0.717) is 0 Å². The van der Waals surface area contributed by atoms with Crippen LogP contribution in [-0.4, -0.2) is 0 Å². The Kier molecular flexibility index (Phi) is 3.00. The van der Waals surface area contributed by atoms with E-state index in [2.05, 4.69) is 52.0 Å². The van der Waals surface area contributed by atoms with Crippen molar-refractivity contribution in [1.29, 1.82) is 0 Å². The van der Waals surface area contributed by atoms with Gasteiger partial charge in [-0.05, 0) is 54.2 Å². The van der Waals surface area contributed by atoms with Crippen LogP contribution in [-0.2, 0) is 12.8 Å². The first-order valence-electron chi connectivity index (χ1n) is 6.19. The molecule has 0 fully saturated rings. The van der Waals surface area contributed by atoms with E-state index in [1.165, 1.54) is 33.0 Å². The Labute approximate surface area is 98.3 Å². The zero-order valence-corrected chi connectivity index (χ0v) is 10.7. The predicted octanol–water partition coefficient (Wildman–Crippen LogP) is 4.58. The molecule has 0 saturated heterocycles. The molecule has 0 N–H and O–H groups in total. The van der Waals surface area contributed by atoms with E-state index in [1.54, 1.807) is 0 Å². The van der Waals surface area contributed by atoms with Gasteiger partial charge >= 0.3 is 0 Å². The average Bonchev–Trinajstić information content (AvgIpc) is 2.28. The summed E-state index contributed by atoms with van der Waals surface area (Å²) < 4.78 is 0. The highest BCUT2D eigenvalue weighted by atomic mass is 14.1. The molecule has 0 aliphatic heterocycles. The second-order valence-corrected chi connectivity index (χ2v) is 4.57. The Morgan fingerprint density at radius 2 is 1.69 bits per heavy atom. The smallest absolute Gasteiger partial charge is 0.0147 e. The second kappa shape index (κ2) is 4.29. The van der Waals surface area contributed by atoms with Gasteiger partial charge in [0.15, 0.2) is 0 Å². The average molecular weight is 212 g/mol. The van der Waals surface area contributed by atoms with Crippen LogP contribution in [0.5, 0.6) is 0 Å². The minimum absolute atomic E-state index is 1.12. The van der Waals surface area contributed by atoms with Crippen molar-refractivity contribution in [2.75, 3.05) is 0 Å². The number of fused-ring (bicyclic) bond motifs is 1. The summed E-state index contributed by atoms with van der Waals surface area (Å²) in [6, 6.07) is 9.13. The van der Waals surface area contributed by atoms with E-state index in [-0.39, 0.29) is 0 Å². The molecule has 0 aromatic heterocycles. The summed E-state index contributed by atoms with van der Waals surface area (Å²) in [4.78, 5) is 0. The Bertz CT molecular complexity index is 521. The summed E-state index contributed by atoms with van der Waals surface area (Å²) in [7, 11) is 0. The summed E-state index contributed by atoms with van der Waals surface area (Å²) >= 11 is 0. The largest absolute Gasteiger partial charge is 0.0613 e. The first-order valence-corrected chi connectivity index (χ1v) is 6.19. The number of aryl methyl sites for hydroxylation is 3. The number of benzene rings is 2. The van der Waals surface area contributed by atoms with Gasteiger partial charge in [-0.2, -0.15) is 0 Å². The molecule has 0 saturated carbocycles. The molecule has 0 bridgehead atoms. The van der Waals surface area contributed by atoms with Crippen LogP contribution in [0.25, 0.3) is 10.8 Å². The van der Waals surface area contributed by atoms with Crippen molar-refractivity contribution in [3.8, 4) is 0 Å². The van der Waals surface area contributed by atoms with Gasteiger partial charge in [-0.1, -0.05) is 43.7 Å². The maximum Gasteiger partial charge on any atom is -0.0147 e. The molecule has 0 amide bonds. The third-order valence-electron chi connectivity index (χ3n) is 3.53. The topological polar surface area (TPSA) is 0 Å². The molecule has 0 unspecified atom stereocenters. The molecule has 0 radical (unpaired) electrons. The van der Waals surface area contributed by atoms with Crippen molar-refractivity contribution < 1.29 is 0 Å².